The van der Waals surface area contributed by atoms with E-state index in [1.165, 1.54) is 19.8 Å². The molecule has 0 spiro atoms. The van der Waals surface area contributed by atoms with Crippen LogP contribution in [0.3, 0.4) is 0 Å². The zero-order chi connectivity index (χ0) is 10.6. The van der Waals surface area contributed by atoms with Crippen LogP contribution < -0.4 is 0 Å². The first-order chi connectivity index (χ1) is 6.38. The zero-order valence-electron chi connectivity index (χ0n) is 9.59. The molecule has 0 radical (unpaired) electrons. The fourth-order valence-electron chi connectivity index (χ4n) is 3.51. The summed E-state index contributed by atoms with van der Waals surface area (Å²) in [4.78, 5) is 11.0. The highest BCUT2D eigenvalue weighted by Gasteiger charge is 2.62. The highest BCUT2D eigenvalue weighted by atomic mass is 16.5. The number of hydrogen-bond donors (Lipinski definition) is 0. The monoisotopic (exact) mass is 196 g/mol. The quantitative estimate of drug-likeness (QED) is 0.603. The van der Waals surface area contributed by atoms with Gasteiger partial charge in [-0.2, -0.15) is 0 Å². The first-order valence-electron chi connectivity index (χ1n) is 5.55. The number of fused-ring (bicyclic) bond motifs is 2. The Bertz CT molecular complexity index is 269. The molecule has 0 heterocycles. The number of rotatable bonds is 1. The second-order valence-corrected chi connectivity index (χ2v) is 5.71. The van der Waals surface area contributed by atoms with Crippen LogP contribution in [-0.4, -0.2) is 12.1 Å². The smallest absolute Gasteiger partial charge is 0.302 e. The summed E-state index contributed by atoms with van der Waals surface area (Å²) in [6.07, 6.45) is 3.75. The lowest BCUT2D eigenvalue weighted by Crippen LogP contribution is -2.37. The van der Waals surface area contributed by atoms with Crippen molar-refractivity contribution in [1.82, 2.24) is 0 Å². The van der Waals surface area contributed by atoms with Crippen molar-refractivity contribution in [3.63, 3.8) is 0 Å². The maximum atomic E-state index is 11.0. The van der Waals surface area contributed by atoms with Crippen LogP contribution >= 0.6 is 0 Å². The summed E-state index contributed by atoms with van der Waals surface area (Å²) in [5, 5.41) is 0. The molecule has 0 aromatic rings. The van der Waals surface area contributed by atoms with Crippen molar-refractivity contribution in [2.75, 3.05) is 0 Å². The van der Waals surface area contributed by atoms with Crippen LogP contribution in [0.1, 0.15) is 47.0 Å². The first kappa shape index (κ1) is 10.0. The summed E-state index contributed by atoms with van der Waals surface area (Å²) in [6, 6.07) is 0. The molecule has 2 aliphatic carbocycles. The molecule has 3 atom stereocenters. The van der Waals surface area contributed by atoms with Crippen LogP contribution in [0, 0.1) is 16.7 Å². The maximum Gasteiger partial charge on any atom is 0.302 e. The molecular weight excluding hydrogens is 176 g/mol. The summed E-state index contributed by atoms with van der Waals surface area (Å²) in [7, 11) is 0. The van der Waals surface area contributed by atoms with Crippen molar-refractivity contribution in [1.29, 1.82) is 0 Å². The Labute approximate surface area is 86.0 Å². The van der Waals surface area contributed by atoms with E-state index in [2.05, 4.69) is 20.8 Å². The highest BCUT2D eigenvalue weighted by molar-refractivity contribution is 5.66. The molecule has 2 heteroatoms. The third-order valence-electron chi connectivity index (χ3n) is 5.02. The molecule has 80 valence electrons. The summed E-state index contributed by atoms with van der Waals surface area (Å²) in [5.41, 5.74) is 0.552. The number of ether oxygens (including phenoxy) is 1. The average molecular weight is 196 g/mol. The third kappa shape index (κ3) is 1.06. The van der Waals surface area contributed by atoms with Gasteiger partial charge in [0, 0.05) is 12.3 Å². The second-order valence-electron chi connectivity index (χ2n) is 5.71. The lowest BCUT2D eigenvalue weighted by molar-refractivity contribution is -0.154. The summed E-state index contributed by atoms with van der Waals surface area (Å²) >= 11 is 0. The standard InChI is InChI=1S/C12H20O2/c1-8(13)14-10-7-9-5-6-12(10,4)11(9,2)3/h9-10H,5-7H2,1-4H3/t9?,10?,12-/m0/s1. The second kappa shape index (κ2) is 2.74. The maximum absolute atomic E-state index is 11.0. The molecular formula is C12H20O2. The zero-order valence-corrected chi connectivity index (χ0v) is 9.59. The number of esters is 1. The van der Waals surface area contributed by atoms with E-state index in [-0.39, 0.29) is 17.5 Å². The van der Waals surface area contributed by atoms with Crippen molar-refractivity contribution in [2.45, 2.75) is 53.1 Å². The van der Waals surface area contributed by atoms with Gasteiger partial charge < -0.3 is 4.74 Å². The van der Waals surface area contributed by atoms with Gasteiger partial charge in [0.2, 0.25) is 0 Å². The predicted molar refractivity (Wildman–Crippen MR) is 54.8 cm³/mol. The molecule has 2 unspecified atom stereocenters. The summed E-state index contributed by atoms with van der Waals surface area (Å²) < 4.78 is 5.44. The largest absolute Gasteiger partial charge is 0.462 e. The van der Waals surface area contributed by atoms with Gasteiger partial charge in [-0.1, -0.05) is 20.8 Å². The van der Waals surface area contributed by atoms with E-state index >= 15 is 0 Å². The van der Waals surface area contributed by atoms with E-state index in [9.17, 15) is 4.79 Å². The Hall–Kier alpha value is -0.530. The molecule has 14 heavy (non-hydrogen) atoms. The minimum atomic E-state index is -0.125. The van der Waals surface area contributed by atoms with Gasteiger partial charge in [-0.3, -0.25) is 4.79 Å². The SMILES string of the molecule is CC(=O)OC1CC2CC[C@]1(C)C2(C)C. The topological polar surface area (TPSA) is 26.3 Å². The van der Waals surface area contributed by atoms with E-state index in [0.717, 1.165) is 12.3 Å². The molecule has 0 N–H and O–H groups in total. The molecule has 2 saturated carbocycles. The molecule has 0 aromatic carbocycles. The Balaban J connectivity index is 2.23. The minimum absolute atomic E-state index is 0.125. The lowest BCUT2D eigenvalue weighted by atomic mass is 9.70. The first-order valence-corrected chi connectivity index (χ1v) is 5.55. The van der Waals surface area contributed by atoms with Crippen LogP contribution in [0.2, 0.25) is 0 Å². The fraction of sp³-hybridized carbons (Fsp3) is 0.917. The van der Waals surface area contributed by atoms with Crippen LogP contribution in [0.5, 0.6) is 0 Å². The van der Waals surface area contributed by atoms with Crippen molar-refractivity contribution >= 4 is 5.97 Å². The van der Waals surface area contributed by atoms with E-state index in [4.69, 9.17) is 4.74 Å². The normalized spacial score (nSPS) is 44.0. The van der Waals surface area contributed by atoms with Gasteiger partial charge in [-0.15, -0.1) is 0 Å². The van der Waals surface area contributed by atoms with Gasteiger partial charge in [0.05, 0.1) is 0 Å². The average Bonchev–Trinajstić information content (AvgIpc) is 2.35. The van der Waals surface area contributed by atoms with E-state index < -0.39 is 0 Å². The molecule has 2 aliphatic rings. The summed E-state index contributed by atoms with van der Waals surface area (Å²) in [6.45, 7) is 8.46. The Morgan fingerprint density at radius 1 is 1.36 bits per heavy atom. The van der Waals surface area contributed by atoms with Crippen molar-refractivity contribution in [3.8, 4) is 0 Å². The molecule has 0 saturated heterocycles. The highest BCUT2D eigenvalue weighted by Crippen LogP contribution is 2.66. The molecule has 2 rings (SSSR count). The lowest BCUT2D eigenvalue weighted by Gasteiger charge is -2.38. The molecule has 0 aromatic heterocycles. The van der Waals surface area contributed by atoms with Crippen LogP contribution in [0.15, 0.2) is 0 Å². The molecule has 0 amide bonds. The van der Waals surface area contributed by atoms with Gasteiger partial charge in [0.15, 0.2) is 0 Å². The molecule has 2 nitrogen and oxygen atoms in total. The fourth-order valence-corrected chi connectivity index (χ4v) is 3.51. The van der Waals surface area contributed by atoms with Gasteiger partial charge in [-0.25, -0.2) is 0 Å². The van der Waals surface area contributed by atoms with Gasteiger partial charge in [0.25, 0.3) is 0 Å². The van der Waals surface area contributed by atoms with Crippen molar-refractivity contribution < 1.29 is 9.53 Å². The van der Waals surface area contributed by atoms with E-state index in [0.29, 0.717) is 5.41 Å². The van der Waals surface area contributed by atoms with E-state index in [1.807, 2.05) is 0 Å². The Morgan fingerprint density at radius 3 is 2.36 bits per heavy atom. The summed E-state index contributed by atoms with van der Waals surface area (Å²) in [5.74, 6) is 0.622. The van der Waals surface area contributed by atoms with Crippen LogP contribution in [-0.2, 0) is 9.53 Å². The van der Waals surface area contributed by atoms with Crippen LogP contribution in [0.4, 0.5) is 0 Å². The molecule has 0 aliphatic heterocycles. The number of hydrogen-bond acceptors (Lipinski definition) is 2. The van der Waals surface area contributed by atoms with Gasteiger partial charge >= 0.3 is 5.97 Å². The van der Waals surface area contributed by atoms with E-state index in [1.54, 1.807) is 0 Å². The molecule has 2 bridgehead atoms. The van der Waals surface area contributed by atoms with Gasteiger partial charge in [-0.05, 0) is 30.6 Å². The molecule has 2 fully saturated rings. The van der Waals surface area contributed by atoms with Crippen molar-refractivity contribution in [2.24, 2.45) is 16.7 Å². The number of carbonyl (C=O) groups excluding carboxylic acids is 1. The Kier molecular flexibility index (Phi) is 1.96. The van der Waals surface area contributed by atoms with Crippen molar-refractivity contribution in [3.05, 3.63) is 0 Å². The predicted octanol–water partition coefficient (Wildman–Crippen LogP) is 2.76. The minimum Gasteiger partial charge on any atom is -0.462 e. The van der Waals surface area contributed by atoms with Gasteiger partial charge in [0.1, 0.15) is 6.10 Å². The van der Waals surface area contributed by atoms with Crippen LogP contribution in [0.25, 0.3) is 0 Å². The number of carbonyl (C=O) groups is 1. The Morgan fingerprint density at radius 2 is 2.00 bits per heavy atom. The third-order valence-corrected chi connectivity index (χ3v) is 5.02.